The molecule has 42 heavy (non-hydrogen) atoms. The molecule has 0 radical (unpaired) electrons. The van der Waals surface area contributed by atoms with Crippen LogP contribution in [0.15, 0.2) is 72.1 Å². The summed E-state index contributed by atoms with van der Waals surface area (Å²) in [5.74, 6) is 0.240. The summed E-state index contributed by atoms with van der Waals surface area (Å²) in [4.78, 5) is 28.9. The number of benzene rings is 1. The number of para-hydroxylation sites is 2. The highest BCUT2D eigenvalue weighted by Crippen LogP contribution is 2.41. The molecule has 1 aliphatic heterocycles. The topological polar surface area (TPSA) is 152 Å². The second-order valence-electron chi connectivity index (χ2n) is 9.67. The van der Waals surface area contributed by atoms with Gasteiger partial charge in [0.25, 0.3) is 15.9 Å². The first kappa shape index (κ1) is 28.7. The number of pyridine rings is 2. The molecule has 0 saturated carbocycles. The van der Waals surface area contributed by atoms with E-state index in [-0.39, 0.29) is 59.0 Å². The zero-order chi connectivity index (χ0) is 29.7. The smallest absolute Gasteiger partial charge is 0.306 e. The molecule has 1 fully saturated rings. The maximum atomic E-state index is 13.6. The Labute approximate surface area is 243 Å². The number of ether oxygens (including phenoxy) is 4. The van der Waals surface area contributed by atoms with E-state index < -0.39 is 16.1 Å². The van der Waals surface area contributed by atoms with Crippen LogP contribution in [0.25, 0.3) is 11.4 Å². The Morgan fingerprint density at radius 2 is 1.81 bits per heavy atom. The number of nitrogens with zero attached hydrogens (tertiary/aromatic N) is 4. The Balaban J connectivity index is 1.61. The Morgan fingerprint density at radius 1 is 1.05 bits per heavy atom. The summed E-state index contributed by atoms with van der Waals surface area (Å²) in [5, 5.41) is -0.209. The van der Waals surface area contributed by atoms with Crippen molar-refractivity contribution < 1.29 is 32.2 Å². The first-order valence-corrected chi connectivity index (χ1v) is 14.7. The lowest BCUT2D eigenvalue weighted by Crippen LogP contribution is -2.20. The van der Waals surface area contributed by atoms with Crippen LogP contribution in [0.2, 0.25) is 0 Å². The average molecular weight is 592 g/mol. The van der Waals surface area contributed by atoms with Crippen LogP contribution in [0.5, 0.6) is 23.1 Å². The van der Waals surface area contributed by atoms with Crippen molar-refractivity contribution in [3.63, 3.8) is 0 Å². The van der Waals surface area contributed by atoms with E-state index in [4.69, 9.17) is 18.9 Å². The van der Waals surface area contributed by atoms with Crippen LogP contribution < -0.4 is 18.9 Å². The number of carbonyl (C=O) groups excluding carboxylic acids is 1. The van der Waals surface area contributed by atoms with Crippen LogP contribution in [-0.4, -0.2) is 54.1 Å². The van der Waals surface area contributed by atoms with Crippen molar-refractivity contribution in [2.24, 2.45) is 0 Å². The van der Waals surface area contributed by atoms with Crippen LogP contribution in [0, 0.1) is 0 Å². The number of sulfonamides is 1. The fourth-order valence-corrected chi connectivity index (χ4v) is 5.01. The highest BCUT2D eigenvalue weighted by molar-refractivity contribution is 7.92. The summed E-state index contributed by atoms with van der Waals surface area (Å²) in [6.45, 7) is 3.94. The van der Waals surface area contributed by atoms with Gasteiger partial charge in [0.05, 0.1) is 7.11 Å². The van der Waals surface area contributed by atoms with Crippen LogP contribution in [0.1, 0.15) is 38.2 Å². The molecule has 0 aliphatic carbocycles. The number of hydrogen-bond donors (Lipinski definition) is 1. The lowest BCUT2D eigenvalue weighted by Gasteiger charge is -2.19. The van der Waals surface area contributed by atoms with E-state index in [1.165, 1.54) is 19.4 Å². The Hall–Kier alpha value is -4.78. The fourth-order valence-electron chi connectivity index (χ4n) is 4.08. The van der Waals surface area contributed by atoms with E-state index in [9.17, 15) is 13.2 Å². The van der Waals surface area contributed by atoms with Crippen molar-refractivity contribution in [1.82, 2.24) is 19.9 Å². The average Bonchev–Trinajstić information content (AvgIpc) is 3.42. The van der Waals surface area contributed by atoms with Crippen LogP contribution in [-0.2, 0) is 19.6 Å². The van der Waals surface area contributed by atoms with E-state index in [1.807, 2.05) is 13.8 Å². The predicted octanol–water partition coefficient (Wildman–Crippen LogP) is 4.74. The first-order valence-electron chi connectivity index (χ1n) is 13.2. The minimum Gasteiger partial charge on any atom is -0.493 e. The molecule has 5 rings (SSSR count). The molecule has 1 saturated heterocycles. The highest BCUT2D eigenvalue weighted by atomic mass is 32.2. The van der Waals surface area contributed by atoms with Crippen molar-refractivity contribution in [1.29, 1.82) is 0 Å². The number of carbonyl (C=O) groups is 1. The lowest BCUT2D eigenvalue weighted by atomic mass is 10.1. The molecule has 0 bridgehead atoms. The molecule has 0 spiro atoms. The van der Waals surface area contributed by atoms with Gasteiger partial charge in [-0.25, -0.2) is 9.97 Å². The van der Waals surface area contributed by atoms with Crippen molar-refractivity contribution in [3.05, 3.63) is 72.7 Å². The molecule has 12 nitrogen and oxygen atoms in total. The summed E-state index contributed by atoms with van der Waals surface area (Å²) >= 11 is 0. The molecular formula is C29H29N5O7S. The van der Waals surface area contributed by atoms with Gasteiger partial charge >= 0.3 is 5.97 Å². The van der Waals surface area contributed by atoms with Crippen LogP contribution >= 0.6 is 0 Å². The van der Waals surface area contributed by atoms with Crippen LogP contribution in [0.4, 0.5) is 5.82 Å². The summed E-state index contributed by atoms with van der Waals surface area (Å²) in [5.41, 5.74) is 1.44. The molecule has 1 N–H and O–H groups in total. The minimum absolute atomic E-state index is 0.0365. The van der Waals surface area contributed by atoms with E-state index >= 15 is 0 Å². The summed E-state index contributed by atoms with van der Waals surface area (Å²) < 4.78 is 52.5. The van der Waals surface area contributed by atoms with Gasteiger partial charge in [-0.2, -0.15) is 13.4 Å². The summed E-state index contributed by atoms with van der Waals surface area (Å²) in [6, 6.07) is 13.3. The zero-order valence-electron chi connectivity index (χ0n) is 23.2. The Bertz CT molecular complexity index is 1670. The Morgan fingerprint density at radius 3 is 2.45 bits per heavy atom. The van der Waals surface area contributed by atoms with Gasteiger partial charge in [-0.3, -0.25) is 14.5 Å². The number of nitrogens with one attached hydrogen (secondary N) is 1. The first-order chi connectivity index (χ1) is 20.2. The van der Waals surface area contributed by atoms with Crippen LogP contribution in [0.3, 0.4) is 0 Å². The van der Waals surface area contributed by atoms with E-state index in [2.05, 4.69) is 24.7 Å². The van der Waals surface area contributed by atoms with Crippen molar-refractivity contribution in [3.8, 4) is 34.5 Å². The zero-order valence-corrected chi connectivity index (χ0v) is 24.0. The third-order valence-corrected chi connectivity index (χ3v) is 7.62. The number of rotatable bonds is 11. The van der Waals surface area contributed by atoms with Gasteiger partial charge < -0.3 is 18.9 Å². The molecule has 13 heteroatoms. The minimum atomic E-state index is -4.24. The van der Waals surface area contributed by atoms with Gasteiger partial charge in [0.1, 0.15) is 12.7 Å². The molecule has 1 aromatic carbocycles. The quantitative estimate of drug-likeness (QED) is 0.241. The molecule has 4 heterocycles. The van der Waals surface area contributed by atoms with Gasteiger partial charge in [-0.05, 0) is 48.2 Å². The van der Waals surface area contributed by atoms with E-state index in [0.29, 0.717) is 17.7 Å². The Kier molecular flexibility index (Phi) is 8.48. The molecule has 0 amide bonds. The second-order valence-corrected chi connectivity index (χ2v) is 11.3. The number of methoxy groups -OCH3 is 1. The number of hydrogen-bond acceptors (Lipinski definition) is 11. The summed E-state index contributed by atoms with van der Waals surface area (Å²) in [6.07, 6.45) is 4.88. The lowest BCUT2D eigenvalue weighted by molar-refractivity contribution is -0.142. The van der Waals surface area contributed by atoms with E-state index in [0.717, 1.165) is 5.56 Å². The normalized spacial score (nSPS) is 14.9. The fraction of sp³-hybridized carbons (Fsp3) is 0.276. The van der Waals surface area contributed by atoms with Crippen molar-refractivity contribution in [2.75, 3.05) is 18.4 Å². The monoisotopic (exact) mass is 591 g/mol. The maximum absolute atomic E-state index is 13.6. The van der Waals surface area contributed by atoms with Gasteiger partial charge in [0, 0.05) is 30.6 Å². The summed E-state index contributed by atoms with van der Waals surface area (Å²) in [7, 11) is -2.76. The molecule has 0 unspecified atom stereocenters. The van der Waals surface area contributed by atoms with Crippen molar-refractivity contribution >= 4 is 21.8 Å². The van der Waals surface area contributed by atoms with Crippen molar-refractivity contribution in [2.45, 2.75) is 43.7 Å². The number of aromatic nitrogens is 4. The largest absolute Gasteiger partial charge is 0.493 e. The SMILES string of the molecule is COc1ccccc1Oc1c(NS(=O)(=O)c2ccc(C(C)C)cn2)nc(-c2ccncc2)nc1OC[C@H]1CCC(=O)O1. The van der Waals surface area contributed by atoms with Gasteiger partial charge in [0.2, 0.25) is 5.75 Å². The molecule has 4 aromatic rings. The highest BCUT2D eigenvalue weighted by Gasteiger charge is 2.28. The molecule has 3 aromatic heterocycles. The number of cyclic esters (lactones) is 1. The van der Waals surface area contributed by atoms with Gasteiger partial charge in [-0.1, -0.05) is 32.0 Å². The third kappa shape index (κ3) is 6.57. The van der Waals surface area contributed by atoms with Gasteiger partial charge in [-0.15, -0.1) is 0 Å². The second kappa shape index (κ2) is 12.4. The van der Waals surface area contributed by atoms with Gasteiger partial charge in [0.15, 0.2) is 28.2 Å². The number of anilines is 1. The molecule has 1 atom stereocenters. The third-order valence-electron chi connectivity index (χ3n) is 6.36. The maximum Gasteiger partial charge on any atom is 0.306 e. The number of esters is 1. The molecular weight excluding hydrogens is 562 g/mol. The standard InChI is InChI=1S/C29H29N5O7S/c1-18(2)20-8-10-24(31-16-20)42(36,37)34-28-26(41-23-7-5-4-6-22(23)38-3)29(39-17-21-9-11-25(35)40-21)33-27(32-28)19-12-14-30-15-13-19/h4-8,10,12-16,18,21H,9,11,17H2,1-3H3,(H,32,33,34)/t21-/m1/s1. The van der Waals surface area contributed by atoms with E-state index in [1.54, 1.807) is 54.9 Å². The molecule has 218 valence electrons. The predicted molar refractivity (Wildman–Crippen MR) is 152 cm³/mol. The molecule has 1 aliphatic rings.